The Kier molecular flexibility index (Phi) is 7.29. The molecule has 0 bridgehead atoms. The van der Waals surface area contributed by atoms with Crippen LogP contribution in [0, 0.1) is 0 Å². The molecule has 35 heavy (non-hydrogen) atoms. The number of aromatic nitrogens is 3. The number of para-hydroxylation sites is 1. The fourth-order valence-electron chi connectivity index (χ4n) is 3.91. The van der Waals surface area contributed by atoms with Gasteiger partial charge in [-0.25, -0.2) is 4.68 Å². The van der Waals surface area contributed by atoms with E-state index in [4.69, 9.17) is 4.42 Å². The minimum absolute atomic E-state index is 0.0447. The van der Waals surface area contributed by atoms with E-state index in [-0.39, 0.29) is 18.4 Å². The van der Waals surface area contributed by atoms with E-state index < -0.39 is 11.6 Å². The van der Waals surface area contributed by atoms with E-state index in [1.807, 2.05) is 75.4 Å². The first-order chi connectivity index (χ1) is 16.9. The first-order valence-corrected chi connectivity index (χ1v) is 11.8. The third-order valence-corrected chi connectivity index (χ3v) is 6.23. The van der Waals surface area contributed by atoms with Crippen molar-refractivity contribution >= 4 is 22.8 Å². The number of carbonyl (C=O) groups is 2. The standard InChI is InChI=1S/C27H31N5O3/c1-4-27(2,3)28-26(34)25(23-15-10-18-35-23)31(17-16-20-11-6-5-7-12-20)24(33)19-32-22-14-9-8-13-21(22)29-30-32/h5-15,18,25H,4,16-17,19H2,1-3H3,(H,28,34)/t25-/m1/s1. The molecule has 2 aromatic heterocycles. The topological polar surface area (TPSA) is 93.3 Å². The van der Waals surface area contributed by atoms with E-state index >= 15 is 0 Å². The number of carbonyl (C=O) groups excluding carboxylic acids is 2. The highest BCUT2D eigenvalue weighted by molar-refractivity contribution is 5.89. The summed E-state index contributed by atoms with van der Waals surface area (Å²) in [4.78, 5) is 28.9. The van der Waals surface area contributed by atoms with Gasteiger partial charge in [0.2, 0.25) is 5.91 Å². The summed E-state index contributed by atoms with van der Waals surface area (Å²) in [7, 11) is 0. The number of nitrogens with zero attached hydrogens (tertiary/aromatic N) is 4. The minimum atomic E-state index is -0.915. The van der Waals surface area contributed by atoms with Crippen LogP contribution in [0.1, 0.15) is 44.6 Å². The molecule has 0 radical (unpaired) electrons. The summed E-state index contributed by atoms with van der Waals surface area (Å²) in [6.45, 7) is 6.22. The quantitative estimate of drug-likeness (QED) is 0.374. The Balaban J connectivity index is 1.67. The van der Waals surface area contributed by atoms with Crippen molar-refractivity contribution in [2.45, 2.75) is 51.7 Å². The lowest BCUT2D eigenvalue weighted by Gasteiger charge is -2.33. The zero-order valence-electron chi connectivity index (χ0n) is 20.3. The Bertz CT molecular complexity index is 1260. The molecule has 1 N–H and O–H groups in total. The molecule has 4 rings (SSSR count). The van der Waals surface area contributed by atoms with Crippen molar-refractivity contribution in [3.05, 3.63) is 84.3 Å². The van der Waals surface area contributed by atoms with Gasteiger partial charge >= 0.3 is 0 Å². The molecule has 0 saturated heterocycles. The van der Waals surface area contributed by atoms with Crippen molar-refractivity contribution in [1.82, 2.24) is 25.2 Å². The molecule has 0 aliphatic heterocycles. The highest BCUT2D eigenvalue weighted by Crippen LogP contribution is 2.25. The first-order valence-electron chi connectivity index (χ1n) is 11.8. The van der Waals surface area contributed by atoms with Crippen LogP contribution in [-0.2, 0) is 22.6 Å². The zero-order chi connectivity index (χ0) is 24.8. The maximum atomic E-state index is 13.8. The first kappa shape index (κ1) is 24.2. The van der Waals surface area contributed by atoms with E-state index in [1.165, 1.54) is 6.26 Å². The predicted molar refractivity (Wildman–Crippen MR) is 133 cm³/mol. The number of furan rings is 1. The van der Waals surface area contributed by atoms with Gasteiger partial charge in [0.25, 0.3) is 5.91 Å². The summed E-state index contributed by atoms with van der Waals surface area (Å²) < 4.78 is 7.23. The predicted octanol–water partition coefficient (Wildman–Crippen LogP) is 4.14. The van der Waals surface area contributed by atoms with Gasteiger partial charge in [0.1, 0.15) is 17.8 Å². The number of nitrogens with one attached hydrogen (secondary N) is 1. The molecule has 2 heterocycles. The Hall–Kier alpha value is -3.94. The molecule has 8 nitrogen and oxygen atoms in total. The van der Waals surface area contributed by atoms with Crippen LogP contribution in [0.25, 0.3) is 11.0 Å². The molecule has 1 atom stereocenters. The van der Waals surface area contributed by atoms with Crippen LogP contribution in [0.3, 0.4) is 0 Å². The average Bonchev–Trinajstić information content (AvgIpc) is 3.52. The second-order valence-electron chi connectivity index (χ2n) is 9.20. The summed E-state index contributed by atoms with van der Waals surface area (Å²) in [5.41, 5.74) is 2.11. The molecule has 0 fully saturated rings. The molecular formula is C27H31N5O3. The Labute approximate surface area is 204 Å². The summed E-state index contributed by atoms with van der Waals surface area (Å²) in [6, 6.07) is 19.9. The highest BCUT2D eigenvalue weighted by Gasteiger charge is 2.35. The zero-order valence-corrected chi connectivity index (χ0v) is 20.3. The second kappa shape index (κ2) is 10.5. The van der Waals surface area contributed by atoms with Crippen molar-refractivity contribution in [3.8, 4) is 0 Å². The molecule has 0 aliphatic rings. The minimum Gasteiger partial charge on any atom is -0.467 e. The van der Waals surface area contributed by atoms with Gasteiger partial charge in [-0.1, -0.05) is 54.6 Å². The lowest BCUT2D eigenvalue weighted by atomic mass is 10.0. The van der Waals surface area contributed by atoms with E-state index in [9.17, 15) is 9.59 Å². The number of hydrogen-bond acceptors (Lipinski definition) is 5. The van der Waals surface area contributed by atoms with Crippen LogP contribution in [-0.4, -0.2) is 43.8 Å². The Morgan fingerprint density at radius 2 is 1.80 bits per heavy atom. The molecule has 2 aromatic carbocycles. The lowest BCUT2D eigenvalue weighted by Crippen LogP contribution is -2.51. The summed E-state index contributed by atoms with van der Waals surface area (Å²) in [5.74, 6) is -0.113. The monoisotopic (exact) mass is 473 g/mol. The van der Waals surface area contributed by atoms with Crippen LogP contribution in [0.4, 0.5) is 0 Å². The van der Waals surface area contributed by atoms with Crippen LogP contribution >= 0.6 is 0 Å². The molecule has 8 heteroatoms. The molecule has 0 saturated carbocycles. The van der Waals surface area contributed by atoms with Crippen molar-refractivity contribution in [1.29, 1.82) is 0 Å². The Morgan fingerprint density at radius 1 is 1.06 bits per heavy atom. The molecular weight excluding hydrogens is 442 g/mol. The smallest absolute Gasteiger partial charge is 0.251 e. The van der Waals surface area contributed by atoms with E-state index in [0.29, 0.717) is 24.2 Å². The van der Waals surface area contributed by atoms with Crippen molar-refractivity contribution in [2.75, 3.05) is 6.54 Å². The number of hydrogen-bond donors (Lipinski definition) is 1. The van der Waals surface area contributed by atoms with Crippen molar-refractivity contribution in [2.24, 2.45) is 0 Å². The second-order valence-corrected chi connectivity index (χ2v) is 9.20. The maximum absolute atomic E-state index is 13.8. The third-order valence-electron chi connectivity index (χ3n) is 6.23. The van der Waals surface area contributed by atoms with E-state index in [2.05, 4.69) is 15.6 Å². The molecule has 0 spiro atoms. The van der Waals surface area contributed by atoms with Gasteiger partial charge < -0.3 is 14.6 Å². The number of rotatable bonds is 10. The van der Waals surface area contributed by atoms with Gasteiger partial charge in [-0.3, -0.25) is 9.59 Å². The number of fused-ring (bicyclic) bond motifs is 1. The molecule has 2 amide bonds. The van der Waals surface area contributed by atoms with Crippen LogP contribution < -0.4 is 5.32 Å². The summed E-state index contributed by atoms with van der Waals surface area (Å²) in [5, 5.41) is 11.4. The van der Waals surface area contributed by atoms with E-state index in [1.54, 1.807) is 21.7 Å². The number of benzene rings is 2. The van der Waals surface area contributed by atoms with Gasteiger partial charge in [0, 0.05) is 12.1 Å². The van der Waals surface area contributed by atoms with Gasteiger partial charge in [0.15, 0.2) is 6.04 Å². The van der Waals surface area contributed by atoms with Crippen molar-refractivity contribution < 1.29 is 14.0 Å². The fourth-order valence-corrected chi connectivity index (χ4v) is 3.91. The van der Waals surface area contributed by atoms with Crippen LogP contribution in [0.5, 0.6) is 0 Å². The highest BCUT2D eigenvalue weighted by atomic mass is 16.3. The molecule has 182 valence electrons. The fraction of sp³-hybridized carbons (Fsp3) is 0.333. The largest absolute Gasteiger partial charge is 0.467 e. The van der Waals surface area contributed by atoms with Crippen LogP contribution in [0.2, 0.25) is 0 Å². The summed E-state index contributed by atoms with van der Waals surface area (Å²) >= 11 is 0. The SMILES string of the molecule is CCC(C)(C)NC(=O)[C@@H](c1ccco1)N(CCc1ccccc1)C(=O)Cn1nnc2ccccc21. The number of amides is 2. The average molecular weight is 474 g/mol. The van der Waals surface area contributed by atoms with E-state index in [0.717, 1.165) is 17.5 Å². The van der Waals surface area contributed by atoms with Gasteiger partial charge in [0.05, 0.1) is 11.8 Å². The summed E-state index contributed by atoms with van der Waals surface area (Å²) in [6.07, 6.45) is 2.85. The normalized spacial score (nSPS) is 12.4. The molecule has 4 aromatic rings. The van der Waals surface area contributed by atoms with Crippen LogP contribution in [0.15, 0.2) is 77.4 Å². The lowest BCUT2D eigenvalue weighted by molar-refractivity contribution is -0.142. The Morgan fingerprint density at radius 3 is 2.51 bits per heavy atom. The van der Waals surface area contributed by atoms with Gasteiger partial charge in [-0.15, -0.1) is 5.10 Å². The van der Waals surface area contributed by atoms with Gasteiger partial charge in [-0.2, -0.15) is 0 Å². The third kappa shape index (κ3) is 5.77. The maximum Gasteiger partial charge on any atom is 0.251 e. The molecule has 0 aliphatic carbocycles. The molecule has 0 unspecified atom stereocenters. The van der Waals surface area contributed by atoms with Gasteiger partial charge in [-0.05, 0) is 56.5 Å². The van der Waals surface area contributed by atoms with Crippen molar-refractivity contribution in [3.63, 3.8) is 0 Å².